The monoisotopic (exact) mass is 217 g/mol. The van der Waals surface area contributed by atoms with Crippen molar-refractivity contribution >= 4 is 11.6 Å². The molecule has 0 unspecified atom stereocenters. The topological polar surface area (TPSA) is 23.5 Å². The predicted octanol–water partition coefficient (Wildman–Crippen LogP) is 2.92. The van der Waals surface area contributed by atoms with Crippen LogP contribution in [-0.2, 0) is 6.54 Å². The molecule has 1 aromatic carbocycles. The number of halogens is 2. The summed E-state index contributed by atoms with van der Waals surface area (Å²) in [5.41, 5.74) is 1.96. The highest BCUT2D eigenvalue weighted by Crippen LogP contribution is 2.26. The minimum Gasteiger partial charge on any atom is -0.314 e. The van der Waals surface area contributed by atoms with Crippen LogP contribution in [0.4, 0.5) is 4.39 Å². The van der Waals surface area contributed by atoms with Crippen LogP contribution in [0, 0.1) is 19.7 Å². The second-order valence-electron chi connectivity index (χ2n) is 3.40. The first-order valence-electron chi connectivity index (χ1n) is 4.27. The van der Waals surface area contributed by atoms with Gasteiger partial charge in [0.25, 0.3) is 0 Å². The summed E-state index contributed by atoms with van der Waals surface area (Å²) < 4.78 is 13.3. The fraction of sp³-hybridized carbons (Fsp3) is 0.400. The molecule has 0 spiro atoms. The Morgan fingerprint density at radius 1 is 1.43 bits per heavy atom. The van der Waals surface area contributed by atoms with Gasteiger partial charge >= 0.3 is 0 Å². The molecule has 1 N–H and O–H groups in total. The second-order valence-corrected chi connectivity index (χ2v) is 3.78. The summed E-state index contributed by atoms with van der Waals surface area (Å²) in [6, 6.07) is 1.41. The largest absolute Gasteiger partial charge is 0.314 e. The molecule has 0 heterocycles. The zero-order chi connectivity index (χ0) is 10.9. The van der Waals surface area contributed by atoms with Crippen LogP contribution in [0.5, 0.6) is 0 Å². The lowest BCUT2D eigenvalue weighted by atomic mass is 10.0. The van der Waals surface area contributed by atoms with Gasteiger partial charge in [-0.25, -0.2) is 4.39 Å². The van der Waals surface area contributed by atoms with E-state index in [-0.39, 0.29) is 12.4 Å². The summed E-state index contributed by atoms with van der Waals surface area (Å²) >= 11 is 5.93. The van der Waals surface area contributed by atoms with Crippen LogP contribution in [0.3, 0.4) is 0 Å². The Balaban J connectivity index is 3.19. The van der Waals surface area contributed by atoms with Gasteiger partial charge in [-0.1, -0.05) is 11.6 Å². The van der Waals surface area contributed by atoms with Gasteiger partial charge in [0.05, 0.1) is 0 Å². The fourth-order valence-electron chi connectivity index (χ4n) is 1.31. The van der Waals surface area contributed by atoms with Gasteiger partial charge in [0.15, 0.2) is 0 Å². The molecule has 2 nitrogen and oxygen atoms in total. The number of hydrogen-bond donors (Lipinski definition) is 1. The molecule has 0 aliphatic carbocycles. The Labute approximate surface area is 87.9 Å². The maximum Gasteiger partial charge on any atom is 0.127 e. The lowest BCUT2D eigenvalue weighted by molar-refractivity contribution is -0.0733. The van der Waals surface area contributed by atoms with Crippen molar-refractivity contribution in [1.82, 2.24) is 5.06 Å². The van der Waals surface area contributed by atoms with Gasteiger partial charge in [0, 0.05) is 24.2 Å². The van der Waals surface area contributed by atoms with E-state index in [0.717, 1.165) is 10.6 Å². The molecule has 0 aliphatic rings. The van der Waals surface area contributed by atoms with Gasteiger partial charge in [-0.05, 0) is 31.0 Å². The van der Waals surface area contributed by atoms with Crippen molar-refractivity contribution in [2.75, 3.05) is 7.05 Å². The van der Waals surface area contributed by atoms with Crippen LogP contribution >= 0.6 is 11.6 Å². The summed E-state index contributed by atoms with van der Waals surface area (Å²) in [5, 5.41) is 10.5. The average Bonchev–Trinajstić information content (AvgIpc) is 2.10. The van der Waals surface area contributed by atoms with E-state index in [9.17, 15) is 4.39 Å². The van der Waals surface area contributed by atoms with E-state index in [2.05, 4.69) is 0 Å². The molecule has 0 fully saturated rings. The molecule has 0 bridgehead atoms. The Bertz CT molecular complexity index is 352. The smallest absolute Gasteiger partial charge is 0.127 e. The number of benzene rings is 1. The Morgan fingerprint density at radius 3 is 2.50 bits per heavy atom. The third-order valence-corrected chi connectivity index (χ3v) is 2.77. The SMILES string of the molecule is Cc1c(F)cc(CN(C)O)c(C)c1Cl. The third-order valence-electron chi connectivity index (χ3n) is 2.20. The first-order valence-corrected chi connectivity index (χ1v) is 4.65. The maximum absolute atomic E-state index is 13.3. The van der Waals surface area contributed by atoms with Gasteiger partial charge in [0.1, 0.15) is 5.82 Å². The molecular formula is C10H13ClFNO. The zero-order valence-electron chi connectivity index (χ0n) is 8.43. The molecule has 1 aromatic rings. The lowest BCUT2D eigenvalue weighted by Gasteiger charge is -2.13. The van der Waals surface area contributed by atoms with Crippen LogP contribution in [-0.4, -0.2) is 17.3 Å². The van der Waals surface area contributed by atoms with E-state index in [1.807, 2.05) is 6.92 Å². The molecular weight excluding hydrogens is 205 g/mol. The van der Waals surface area contributed by atoms with Crippen LogP contribution in [0.15, 0.2) is 6.07 Å². The number of hydroxylamine groups is 2. The quantitative estimate of drug-likeness (QED) is 0.770. The first kappa shape index (κ1) is 11.4. The molecule has 1 rings (SSSR count). The third kappa shape index (κ3) is 2.23. The van der Waals surface area contributed by atoms with Gasteiger partial charge in [0.2, 0.25) is 0 Å². The van der Waals surface area contributed by atoms with Crippen molar-refractivity contribution < 1.29 is 9.60 Å². The molecule has 0 aromatic heterocycles. The Morgan fingerprint density at radius 2 is 2.00 bits per heavy atom. The number of hydrogen-bond acceptors (Lipinski definition) is 2. The van der Waals surface area contributed by atoms with E-state index in [4.69, 9.17) is 16.8 Å². The highest BCUT2D eigenvalue weighted by atomic mass is 35.5. The Kier molecular flexibility index (Phi) is 3.48. The minimum absolute atomic E-state index is 0.267. The van der Waals surface area contributed by atoms with Gasteiger partial charge in [-0.15, -0.1) is 0 Å². The van der Waals surface area contributed by atoms with Gasteiger partial charge < -0.3 is 5.21 Å². The van der Waals surface area contributed by atoms with E-state index < -0.39 is 0 Å². The van der Waals surface area contributed by atoms with Crippen LogP contribution in [0.2, 0.25) is 5.02 Å². The van der Waals surface area contributed by atoms with Crippen LogP contribution < -0.4 is 0 Å². The molecule has 0 amide bonds. The molecule has 0 saturated carbocycles. The van der Waals surface area contributed by atoms with Crippen molar-refractivity contribution in [2.24, 2.45) is 0 Å². The summed E-state index contributed by atoms with van der Waals surface area (Å²) in [6.45, 7) is 3.72. The second kappa shape index (κ2) is 4.26. The van der Waals surface area contributed by atoms with Crippen LogP contribution in [0.1, 0.15) is 16.7 Å². The van der Waals surface area contributed by atoms with E-state index in [1.165, 1.54) is 13.1 Å². The highest BCUT2D eigenvalue weighted by Gasteiger charge is 2.11. The summed E-state index contributed by atoms with van der Waals surface area (Å²) in [5.74, 6) is -0.336. The molecule has 0 atom stereocenters. The summed E-state index contributed by atoms with van der Waals surface area (Å²) in [6.07, 6.45) is 0. The fourth-order valence-corrected chi connectivity index (χ4v) is 1.52. The maximum atomic E-state index is 13.3. The van der Waals surface area contributed by atoms with Crippen molar-refractivity contribution in [3.8, 4) is 0 Å². The normalized spacial score (nSPS) is 11.1. The predicted molar refractivity (Wildman–Crippen MR) is 54.1 cm³/mol. The van der Waals surface area contributed by atoms with E-state index in [0.29, 0.717) is 16.1 Å². The summed E-state index contributed by atoms with van der Waals surface area (Å²) in [7, 11) is 1.51. The standard InChI is InChI=1S/C10H13ClFNO/c1-6-8(5-13(3)14)4-9(12)7(2)10(6)11/h4,14H,5H2,1-3H3. The van der Waals surface area contributed by atoms with E-state index in [1.54, 1.807) is 6.92 Å². The Hall–Kier alpha value is -0.640. The molecule has 4 heteroatoms. The van der Waals surface area contributed by atoms with Gasteiger partial charge in [-0.3, -0.25) is 0 Å². The molecule has 0 aliphatic heterocycles. The summed E-state index contributed by atoms with van der Waals surface area (Å²) in [4.78, 5) is 0. The van der Waals surface area contributed by atoms with Crippen LogP contribution in [0.25, 0.3) is 0 Å². The molecule has 14 heavy (non-hydrogen) atoms. The molecule has 0 radical (unpaired) electrons. The van der Waals surface area contributed by atoms with Crippen molar-refractivity contribution in [3.63, 3.8) is 0 Å². The minimum atomic E-state index is -0.336. The van der Waals surface area contributed by atoms with Crippen molar-refractivity contribution in [2.45, 2.75) is 20.4 Å². The van der Waals surface area contributed by atoms with Crippen molar-refractivity contribution in [3.05, 3.63) is 33.6 Å². The highest BCUT2D eigenvalue weighted by molar-refractivity contribution is 6.32. The first-order chi connectivity index (χ1) is 6.43. The van der Waals surface area contributed by atoms with E-state index >= 15 is 0 Å². The number of nitrogens with zero attached hydrogens (tertiary/aromatic N) is 1. The molecule has 0 saturated heterocycles. The lowest BCUT2D eigenvalue weighted by Crippen LogP contribution is -2.13. The zero-order valence-corrected chi connectivity index (χ0v) is 9.19. The number of rotatable bonds is 2. The molecule has 78 valence electrons. The van der Waals surface area contributed by atoms with Gasteiger partial charge in [-0.2, -0.15) is 5.06 Å². The average molecular weight is 218 g/mol. The van der Waals surface area contributed by atoms with Crippen molar-refractivity contribution in [1.29, 1.82) is 0 Å².